The second-order valence-electron chi connectivity index (χ2n) is 4.72. The molecule has 0 aliphatic carbocycles. The van der Waals surface area contributed by atoms with Gasteiger partial charge in [0.25, 0.3) is 0 Å². The smallest absolute Gasteiger partial charge is 0.340 e. The Labute approximate surface area is 123 Å². The van der Waals surface area contributed by atoms with Gasteiger partial charge in [-0.25, -0.2) is 4.79 Å². The number of unbranched alkanes of at least 4 members (excludes halogenated alkanes) is 1. The number of esters is 1. The van der Waals surface area contributed by atoms with Crippen molar-refractivity contribution in [2.75, 3.05) is 12.3 Å². The van der Waals surface area contributed by atoms with Gasteiger partial charge < -0.3 is 10.5 Å². The predicted molar refractivity (Wildman–Crippen MR) is 82.1 cm³/mol. The summed E-state index contributed by atoms with van der Waals surface area (Å²) < 4.78 is 6.10. The van der Waals surface area contributed by atoms with Crippen LogP contribution in [0.5, 0.6) is 0 Å². The van der Waals surface area contributed by atoms with Crippen molar-refractivity contribution in [3.63, 3.8) is 0 Å². The average molecular weight is 328 g/mol. The van der Waals surface area contributed by atoms with E-state index in [-0.39, 0.29) is 5.97 Å². The highest BCUT2D eigenvalue weighted by molar-refractivity contribution is 9.10. The summed E-state index contributed by atoms with van der Waals surface area (Å²) >= 11 is 3.31. The van der Waals surface area contributed by atoms with Crippen molar-refractivity contribution in [2.45, 2.75) is 39.5 Å². The Morgan fingerprint density at radius 2 is 2.16 bits per heavy atom. The fourth-order valence-corrected chi connectivity index (χ4v) is 2.25. The summed E-state index contributed by atoms with van der Waals surface area (Å²) in [5, 5.41) is 0. The van der Waals surface area contributed by atoms with Gasteiger partial charge in [-0.1, -0.05) is 39.2 Å². The lowest BCUT2D eigenvalue weighted by Crippen LogP contribution is -2.15. The molecule has 0 saturated heterocycles. The van der Waals surface area contributed by atoms with Crippen LogP contribution >= 0.6 is 15.9 Å². The second kappa shape index (κ2) is 8.20. The second-order valence-corrected chi connectivity index (χ2v) is 5.57. The van der Waals surface area contributed by atoms with Gasteiger partial charge in [0.15, 0.2) is 0 Å². The van der Waals surface area contributed by atoms with E-state index in [1.807, 2.05) is 6.07 Å². The van der Waals surface area contributed by atoms with Gasteiger partial charge in [-0.2, -0.15) is 0 Å². The lowest BCUT2D eigenvalue weighted by Gasteiger charge is -2.15. The molecule has 0 aliphatic rings. The third kappa shape index (κ3) is 4.86. The molecule has 0 saturated carbocycles. The van der Waals surface area contributed by atoms with Crippen LogP contribution in [-0.4, -0.2) is 12.6 Å². The summed E-state index contributed by atoms with van der Waals surface area (Å²) in [5.74, 6) is 0.103. The maximum Gasteiger partial charge on any atom is 0.340 e. The molecular formula is C15H22BrNO2. The summed E-state index contributed by atoms with van der Waals surface area (Å²) in [6, 6.07) is 5.28. The molecule has 0 amide bonds. The zero-order chi connectivity index (χ0) is 14.3. The lowest BCUT2D eigenvalue weighted by atomic mass is 10.0. The predicted octanol–water partition coefficient (Wildman–Crippen LogP) is 4.40. The fourth-order valence-electron chi connectivity index (χ4n) is 1.88. The van der Waals surface area contributed by atoms with E-state index < -0.39 is 0 Å². The summed E-state index contributed by atoms with van der Waals surface area (Å²) in [4.78, 5) is 12.0. The average Bonchev–Trinajstić information content (AvgIpc) is 2.42. The number of para-hydroxylation sites is 1. The van der Waals surface area contributed by atoms with Crippen molar-refractivity contribution in [1.82, 2.24) is 0 Å². The molecule has 3 nitrogen and oxygen atoms in total. The Morgan fingerprint density at radius 3 is 2.79 bits per heavy atom. The molecule has 0 aromatic heterocycles. The molecule has 0 heterocycles. The molecule has 0 radical (unpaired) electrons. The highest BCUT2D eigenvalue weighted by Gasteiger charge is 2.15. The first-order valence-corrected chi connectivity index (χ1v) is 7.60. The van der Waals surface area contributed by atoms with Crippen LogP contribution in [0.4, 0.5) is 5.69 Å². The number of nitrogens with two attached hydrogens (primary N) is 1. The van der Waals surface area contributed by atoms with E-state index in [0.717, 1.165) is 17.3 Å². The molecule has 0 fully saturated rings. The van der Waals surface area contributed by atoms with Crippen molar-refractivity contribution >= 4 is 27.6 Å². The molecule has 1 aromatic carbocycles. The number of ether oxygens (including phenoxy) is 1. The minimum absolute atomic E-state index is 0.339. The molecule has 1 unspecified atom stereocenters. The number of hydrogen-bond acceptors (Lipinski definition) is 3. The Kier molecular flexibility index (Phi) is 6.92. The molecular weight excluding hydrogens is 306 g/mol. The summed E-state index contributed by atoms with van der Waals surface area (Å²) in [5.41, 5.74) is 6.72. The Hall–Kier alpha value is -1.03. The molecule has 4 heteroatoms. The third-order valence-electron chi connectivity index (χ3n) is 3.27. The molecule has 1 atom stereocenters. The number of hydrogen-bond donors (Lipinski definition) is 1. The monoisotopic (exact) mass is 327 g/mol. The molecule has 0 aliphatic heterocycles. The Morgan fingerprint density at radius 1 is 1.42 bits per heavy atom. The topological polar surface area (TPSA) is 52.3 Å². The normalized spacial score (nSPS) is 12.2. The third-order valence-corrected chi connectivity index (χ3v) is 3.96. The molecule has 19 heavy (non-hydrogen) atoms. The highest BCUT2D eigenvalue weighted by Crippen LogP contribution is 2.24. The van der Waals surface area contributed by atoms with Crippen molar-refractivity contribution in [2.24, 2.45) is 5.92 Å². The summed E-state index contributed by atoms with van der Waals surface area (Å²) in [6.07, 6.45) is 4.48. The highest BCUT2D eigenvalue weighted by atomic mass is 79.9. The number of halogens is 1. The van der Waals surface area contributed by atoms with E-state index in [1.165, 1.54) is 12.8 Å². The number of nitrogen functional groups attached to an aromatic ring is 1. The van der Waals surface area contributed by atoms with Gasteiger partial charge >= 0.3 is 5.97 Å². The number of carbonyl (C=O) groups is 1. The standard InChI is InChI=1S/C15H22BrNO2/c1-3-5-7-11(4-2)10-19-15(18)12-8-6-9-13(16)14(12)17/h6,8-9,11H,3-5,7,10,17H2,1-2H3. The molecule has 1 aromatic rings. The summed E-state index contributed by atoms with van der Waals surface area (Å²) in [6.45, 7) is 4.77. The van der Waals surface area contributed by atoms with Crippen molar-refractivity contribution in [3.8, 4) is 0 Å². The molecule has 0 bridgehead atoms. The molecule has 1 rings (SSSR count). The zero-order valence-electron chi connectivity index (χ0n) is 11.6. The maximum absolute atomic E-state index is 12.0. The molecule has 0 spiro atoms. The first-order chi connectivity index (χ1) is 9.10. The van der Waals surface area contributed by atoms with E-state index in [1.54, 1.807) is 12.1 Å². The first-order valence-electron chi connectivity index (χ1n) is 6.81. The first kappa shape index (κ1) is 16.0. The van der Waals surface area contributed by atoms with E-state index >= 15 is 0 Å². The molecule has 106 valence electrons. The van der Waals surface area contributed by atoms with Crippen LogP contribution in [0.3, 0.4) is 0 Å². The van der Waals surface area contributed by atoms with E-state index in [0.29, 0.717) is 23.8 Å². The van der Waals surface area contributed by atoms with Gasteiger partial charge in [0.1, 0.15) is 0 Å². The van der Waals surface area contributed by atoms with Crippen molar-refractivity contribution < 1.29 is 9.53 Å². The van der Waals surface area contributed by atoms with Crippen LogP contribution in [0.15, 0.2) is 22.7 Å². The Balaban J connectivity index is 2.57. The van der Waals surface area contributed by atoms with Crippen molar-refractivity contribution in [1.29, 1.82) is 0 Å². The Bertz CT molecular complexity index is 421. The van der Waals surface area contributed by atoms with E-state index in [2.05, 4.69) is 29.8 Å². The van der Waals surface area contributed by atoms with Crippen LogP contribution in [0, 0.1) is 5.92 Å². The van der Waals surface area contributed by atoms with Gasteiger partial charge in [0, 0.05) is 4.47 Å². The van der Waals surface area contributed by atoms with Gasteiger partial charge in [-0.05, 0) is 40.4 Å². The van der Waals surface area contributed by atoms with Crippen molar-refractivity contribution in [3.05, 3.63) is 28.2 Å². The number of rotatable bonds is 7. The molecule has 2 N–H and O–H groups in total. The van der Waals surface area contributed by atoms with Crippen LogP contribution in [0.25, 0.3) is 0 Å². The number of benzene rings is 1. The van der Waals surface area contributed by atoms with Crippen LogP contribution in [0.2, 0.25) is 0 Å². The zero-order valence-corrected chi connectivity index (χ0v) is 13.2. The minimum Gasteiger partial charge on any atom is -0.462 e. The van der Waals surface area contributed by atoms with Crippen LogP contribution in [-0.2, 0) is 4.74 Å². The number of carbonyl (C=O) groups excluding carboxylic acids is 1. The van der Waals surface area contributed by atoms with E-state index in [4.69, 9.17) is 10.5 Å². The van der Waals surface area contributed by atoms with Gasteiger partial charge in [-0.3, -0.25) is 0 Å². The summed E-state index contributed by atoms with van der Waals surface area (Å²) in [7, 11) is 0. The quantitative estimate of drug-likeness (QED) is 0.596. The lowest BCUT2D eigenvalue weighted by molar-refractivity contribution is 0.0429. The van der Waals surface area contributed by atoms with Gasteiger partial charge in [-0.15, -0.1) is 0 Å². The van der Waals surface area contributed by atoms with Gasteiger partial charge in [0.2, 0.25) is 0 Å². The number of anilines is 1. The fraction of sp³-hybridized carbons (Fsp3) is 0.533. The minimum atomic E-state index is -0.339. The largest absolute Gasteiger partial charge is 0.462 e. The van der Waals surface area contributed by atoms with Crippen LogP contribution in [0.1, 0.15) is 49.9 Å². The van der Waals surface area contributed by atoms with E-state index in [9.17, 15) is 4.79 Å². The van der Waals surface area contributed by atoms with Gasteiger partial charge in [0.05, 0.1) is 17.9 Å². The maximum atomic E-state index is 12.0. The van der Waals surface area contributed by atoms with Crippen LogP contribution < -0.4 is 5.73 Å². The SMILES string of the molecule is CCCCC(CC)COC(=O)c1cccc(Br)c1N.